The third-order valence-corrected chi connectivity index (χ3v) is 3.08. The largest absolute Gasteiger partial charge is 0.374 e. The monoisotopic (exact) mass is 199 g/mol. The van der Waals surface area contributed by atoms with Crippen molar-refractivity contribution in [3.05, 3.63) is 0 Å². The first-order valence-electron chi connectivity index (χ1n) is 5.58. The molecule has 0 radical (unpaired) electrons. The second-order valence-corrected chi connectivity index (χ2v) is 4.06. The van der Waals surface area contributed by atoms with Crippen LogP contribution in [0.1, 0.15) is 32.6 Å². The van der Waals surface area contributed by atoms with Gasteiger partial charge in [0.05, 0.1) is 0 Å². The van der Waals surface area contributed by atoms with Crippen molar-refractivity contribution in [1.29, 1.82) is 0 Å². The molecule has 0 amide bonds. The Bertz CT molecular complexity index is 174. The predicted molar refractivity (Wildman–Crippen MR) is 56.0 cm³/mol. The second kappa shape index (κ2) is 6.14. The number of hydrogen-bond donors (Lipinski definition) is 1. The molecule has 0 atom stereocenters. The molecule has 3 heteroatoms. The smallest absolute Gasteiger partial charge is 0.161 e. The number of ketones is 1. The van der Waals surface area contributed by atoms with E-state index in [2.05, 4.69) is 0 Å². The number of Topliss-reactive ketones (excluding diaryl/α,β-unsaturated/α-hetero) is 1. The summed E-state index contributed by atoms with van der Waals surface area (Å²) in [6.07, 6.45) is 4.24. The van der Waals surface area contributed by atoms with E-state index in [1.54, 1.807) is 0 Å². The van der Waals surface area contributed by atoms with Crippen LogP contribution in [0.5, 0.6) is 0 Å². The highest BCUT2D eigenvalue weighted by Crippen LogP contribution is 2.28. The minimum Gasteiger partial charge on any atom is -0.374 e. The van der Waals surface area contributed by atoms with E-state index >= 15 is 0 Å². The van der Waals surface area contributed by atoms with Crippen LogP contribution in [0.3, 0.4) is 0 Å². The highest BCUT2D eigenvalue weighted by molar-refractivity contribution is 5.82. The summed E-state index contributed by atoms with van der Waals surface area (Å²) in [5, 5.41) is 0. The topological polar surface area (TPSA) is 52.3 Å². The van der Waals surface area contributed by atoms with E-state index < -0.39 is 0 Å². The fraction of sp³-hybridized carbons (Fsp3) is 0.909. The standard InChI is InChI=1S/C11H21NO2/c1-2-14-8-11(13)10-5-3-9(7-12)4-6-10/h9-10H,2-8,12H2,1H3. The number of ether oxygens (including phenoxy) is 1. The molecule has 2 N–H and O–H groups in total. The van der Waals surface area contributed by atoms with E-state index in [-0.39, 0.29) is 11.7 Å². The van der Waals surface area contributed by atoms with E-state index in [1.807, 2.05) is 6.92 Å². The molecule has 0 aromatic carbocycles. The zero-order chi connectivity index (χ0) is 10.4. The second-order valence-electron chi connectivity index (χ2n) is 4.06. The van der Waals surface area contributed by atoms with Gasteiger partial charge in [0.15, 0.2) is 5.78 Å². The summed E-state index contributed by atoms with van der Waals surface area (Å²) in [6, 6.07) is 0. The zero-order valence-electron chi connectivity index (χ0n) is 9.00. The highest BCUT2D eigenvalue weighted by atomic mass is 16.5. The number of hydrogen-bond acceptors (Lipinski definition) is 3. The maximum Gasteiger partial charge on any atom is 0.161 e. The van der Waals surface area contributed by atoms with Crippen molar-refractivity contribution < 1.29 is 9.53 Å². The average Bonchev–Trinajstić information content (AvgIpc) is 2.26. The van der Waals surface area contributed by atoms with Crippen LogP contribution >= 0.6 is 0 Å². The van der Waals surface area contributed by atoms with Crippen molar-refractivity contribution in [2.45, 2.75) is 32.6 Å². The molecule has 1 aliphatic carbocycles. The van der Waals surface area contributed by atoms with Crippen molar-refractivity contribution in [2.24, 2.45) is 17.6 Å². The predicted octanol–water partition coefficient (Wildman–Crippen LogP) is 1.36. The van der Waals surface area contributed by atoms with Gasteiger partial charge in [0.1, 0.15) is 6.61 Å². The Balaban J connectivity index is 2.23. The maximum absolute atomic E-state index is 11.6. The van der Waals surface area contributed by atoms with Crippen LogP contribution in [0.25, 0.3) is 0 Å². The van der Waals surface area contributed by atoms with Crippen LogP contribution in [0.4, 0.5) is 0 Å². The normalized spacial score (nSPS) is 27.6. The summed E-state index contributed by atoms with van der Waals surface area (Å²) in [5.41, 5.74) is 5.60. The van der Waals surface area contributed by atoms with E-state index in [0.29, 0.717) is 19.1 Å². The van der Waals surface area contributed by atoms with Gasteiger partial charge in [0.25, 0.3) is 0 Å². The van der Waals surface area contributed by atoms with Crippen LogP contribution < -0.4 is 5.73 Å². The average molecular weight is 199 g/mol. The summed E-state index contributed by atoms with van der Waals surface area (Å²) in [4.78, 5) is 11.6. The van der Waals surface area contributed by atoms with Crippen LogP contribution in [0.2, 0.25) is 0 Å². The molecule has 0 unspecified atom stereocenters. The minimum absolute atomic E-state index is 0.240. The van der Waals surface area contributed by atoms with Crippen LogP contribution in [0.15, 0.2) is 0 Å². The van der Waals surface area contributed by atoms with Gasteiger partial charge in [0, 0.05) is 12.5 Å². The molecule has 1 aliphatic rings. The molecule has 1 rings (SSSR count). The van der Waals surface area contributed by atoms with E-state index in [1.165, 1.54) is 0 Å². The Morgan fingerprint density at radius 3 is 2.50 bits per heavy atom. The Hall–Kier alpha value is -0.410. The molecule has 0 aliphatic heterocycles. The number of rotatable bonds is 5. The lowest BCUT2D eigenvalue weighted by Gasteiger charge is -2.26. The van der Waals surface area contributed by atoms with Crippen LogP contribution in [0, 0.1) is 11.8 Å². The molecule has 0 aromatic rings. The number of carbonyl (C=O) groups excluding carboxylic acids is 1. The van der Waals surface area contributed by atoms with Crippen molar-refractivity contribution in [1.82, 2.24) is 0 Å². The molecule has 0 aromatic heterocycles. The van der Waals surface area contributed by atoms with Crippen LogP contribution in [-0.4, -0.2) is 25.5 Å². The Morgan fingerprint density at radius 2 is 2.00 bits per heavy atom. The molecule has 0 saturated heterocycles. The van der Waals surface area contributed by atoms with Gasteiger partial charge in [-0.2, -0.15) is 0 Å². The first-order valence-corrected chi connectivity index (χ1v) is 5.58. The SMILES string of the molecule is CCOCC(=O)C1CCC(CN)CC1. The van der Waals surface area contributed by atoms with Gasteiger partial charge in [0.2, 0.25) is 0 Å². The fourth-order valence-electron chi connectivity index (χ4n) is 2.04. The molecule has 0 heterocycles. The van der Waals surface area contributed by atoms with E-state index in [0.717, 1.165) is 32.2 Å². The van der Waals surface area contributed by atoms with Crippen molar-refractivity contribution in [2.75, 3.05) is 19.8 Å². The van der Waals surface area contributed by atoms with Gasteiger partial charge in [-0.05, 0) is 45.1 Å². The lowest BCUT2D eigenvalue weighted by Crippen LogP contribution is -2.27. The molecule has 0 bridgehead atoms. The van der Waals surface area contributed by atoms with E-state index in [9.17, 15) is 4.79 Å². The molecule has 1 saturated carbocycles. The lowest BCUT2D eigenvalue weighted by atomic mass is 9.80. The fourth-order valence-corrected chi connectivity index (χ4v) is 2.04. The molecule has 3 nitrogen and oxygen atoms in total. The third-order valence-electron chi connectivity index (χ3n) is 3.08. The Kier molecular flexibility index (Phi) is 5.12. The molecular formula is C11H21NO2. The van der Waals surface area contributed by atoms with Gasteiger partial charge >= 0.3 is 0 Å². The maximum atomic E-state index is 11.6. The molecule has 82 valence electrons. The van der Waals surface area contributed by atoms with Gasteiger partial charge in [-0.1, -0.05) is 0 Å². The summed E-state index contributed by atoms with van der Waals surface area (Å²) in [7, 11) is 0. The minimum atomic E-state index is 0.240. The first-order chi connectivity index (χ1) is 6.77. The lowest BCUT2D eigenvalue weighted by molar-refractivity contribution is -0.128. The van der Waals surface area contributed by atoms with Crippen molar-refractivity contribution >= 4 is 5.78 Å². The Morgan fingerprint density at radius 1 is 1.36 bits per heavy atom. The molecule has 1 fully saturated rings. The summed E-state index contributed by atoms with van der Waals surface area (Å²) in [6.45, 7) is 3.61. The molecule has 14 heavy (non-hydrogen) atoms. The van der Waals surface area contributed by atoms with Crippen LogP contribution in [-0.2, 0) is 9.53 Å². The summed E-state index contributed by atoms with van der Waals surface area (Å²) < 4.78 is 5.13. The number of nitrogens with two attached hydrogens (primary N) is 1. The van der Waals surface area contributed by atoms with Gasteiger partial charge in [-0.3, -0.25) is 4.79 Å². The van der Waals surface area contributed by atoms with Crippen molar-refractivity contribution in [3.63, 3.8) is 0 Å². The summed E-state index contributed by atoms with van der Waals surface area (Å²) >= 11 is 0. The first kappa shape index (κ1) is 11.7. The van der Waals surface area contributed by atoms with Gasteiger partial charge < -0.3 is 10.5 Å². The van der Waals surface area contributed by atoms with Crippen molar-refractivity contribution in [3.8, 4) is 0 Å². The molecular weight excluding hydrogens is 178 g/mol. The quantitative estimate of drug-likeness (QED) is 0.727. The third kappa shape index (κ3) is 3.39. The number of carbonyl (C=O) groups is 1. The van der Waals surface area contributed by atoms with E-state index in [4.69, 9.17) is 10.5 Å². The Labute approximate surface area is 86.0 Å². The summed E-state index contributed by atoms with van der Waals surface area (Å²) in [5.74, 6) is 1.16. The molecule has 0 spiro atoms. The van der Waals surface area contributed by atoms with Gasteiger partial charge in [-0.15, -0.1) is 0 Å². The van der Waals surface area contributed by atoms with Gasteiger partial charge in [-0.25, -0.2) is 0 Å². The highest BCUT2D eigenvalue weighted by Gasteiger charge is 2.25. The zero-order valence-corrected chi connectivity index (χ0v) is 9.00.